The van der Waals surface area contributed by atoms with Crippen molar-refractivity contribution >= 4 is 11.6 Å². The summed E-state index contributed by atoms with van der Waals surface area (Å²) in [5.74, 6) is -0.571. The average molecular weight is 350 g/mol. The van der Waals surface area contributed by atoms with Gasteiger partial charge < -0.3 is 10.3 Å². The minimum absolute atomic E-state index is 0.0144. The number of carbonyl (C=O) groups is 1. The van der Waals surface area contributed by atoms with Gasteiger partial charge in [-0.1, -0.05) is 24.3 Å². The van der Waals surface area contributed by atoms with E-state index >= 15 is 0 Å². The number of aryl methyl sites for hydroxylation is 2. The molecule has 1 amide bonds. The number of hydrogen-bond acceptors (Lipinski definition) is 4. The lowest BCUT2D eigenvalue weighted by molar-refractivity contribution is 0.102. The summed E-state index contributed by atoms with van der Waals surface area (Å²) in [5, 5.41) is 2.76. The molecule has 2 heterocycles. The summed E-state index contributed by atoms with van der Waals surface area (Å²) in [5.41, 5.74) is 1.58. The van der Waals surface area contributed by atoms with Crippen LogP contribution in [0.15, 0.2) is 58.4 Å². The number of carbonyl (C=O) groups excluding carboxylic acids is 1. The standard InChI is InChI=1S/C19H18N4O3/c1-12-6-5-7-13(2)16(12)22-17(24)15-10-21-19(26)23(18(15)25)11-14-8-3-4-9-20-14/h3-10H,11H2,1-2H3,(H,21,26)(H,22,24). The Hall–Kier alpha value is -3.48. The van der Waals surface area contributed by atoms with Gasteiger partial charge in [-0.3, -0.25) is 19.1 Å². The Morgan fingerprint density at radius 1 is 1.12 bits per heavy atom. The number of aromatic nitrogens is 3. The maximum absolute atomic E-state index is 12.7. The highest BCUT2D eigenvalue weighted by Gasteiger charge is 2.16. The second-order valence-electron chi connectivity index (χ2n) is 5.94. The van der Waals surface area contributed by atoms with Crippen molar-refractivity contribution in [2.45, 2.75) is 20.4 Å². The SMILES string of the molecule is Cc1cccc(C)c1NC(=O)c1c[nH]c(=O)n(Cc2ccccn2)c1=O. The molecule has 3 rings (SSSR count). The minimum Gasteiger partial charge on any atom is -0.321 e. The van der Waals surface area contributed by atoms with Crippen LogP contribution >= 0.6 is 0 Å². The number of rotatable bonds is 4. The monoisotopic (exact) mass is 350 g/mol. The van der Waals surface area contributed by atoms with Crippen LogP contribution in [0.2, 0.25) is 0 Å². The first-order valence-electron chi connectivity index (χ1n) is 8.07. The van der Waals surface area contributed by atoms with E-state index in [9.17, 15) is 14.4 Å². The van der Waals surface area contributed by atoms with Crippen molar-refractivity contribution in [2.24, 2.45) is 0 Å². The fourth-order valence-electron chi connectivity index (χ4n) is 2.66. The Balaban J connectivity index is 1.96. The molecule has 7 nitrogen and oxygen atoms in total. The number of H-pyrrole nitrogens is 1. The first-order chi connectivity index (χ1) is 12.5. The van der Waals surface area contributed by atoms with E-state index in [0.29, 0.717) is 11.4 Å². The molecule has 1 aromatic carbocycles. The van der Waals surface area contributed by atoms with E-state index in [2.05, 4.69) is 15.3 Å². The lowest BCUT2D eigenvalue weighted by atomic mass is 10.1. The number of anilines is 1. The zero-order chi connectivity index (χ0) is 18.7. The Kier molecular flexibility index (Phi) is 4.79. The van der Waals surface area contributed by atoms with E-state index in [1.54, 1.807) is 24.4 Å². The Bertz CT molecular complexity index is 1050. The molecular formula is C19H18N4O3. The van der Waals surface area contributed by atoms with Crippen molar-refractivity contribution < 1.29 is 4.79 Å². The summed E-state index contributed by atoms with van der Waals surface area (Å²) in [6.45, 7) is 3.73. The van der Waals surface area contributed by atoms with Crippen LogP contribution in [-0.4, -0.2) is 20.4 Å². The second kappa shape index (κ2) is 7.18. The van der Waals surface area contributed by atoms with E-state index in [1.807, 2.05) is 32.0 Å². The maximum atomic E-state index is 12.7. The van der Waals surface area contributed by atoms with Crippen LogP contribution in [-0.2, 0) is 6.54 Å². The van der Waals surface area contributed by atoms with Gasteiger partial charge >= 0.3 is 5.69 Å². The van der Waals surface area contributed by atoms with Gasteiger partial charge in [-0.05, 0) is 37.1 Å². The van der Waals surface area contributed by atoms with Gasteiger partial charge in [0.15, 0.2) is 0 Å². The molecule has 7 heteroatoms. The summed E-state index contributed by atoms with van der Waals surface area (Å²) in [6, 6.07) is 10.8. The molecule has 0 aliphatic heterocycles. The normalized spacial score (nSPS) is 10.5. The predicted octanol–water partition coefficient (Wildman–Crippen LogP) is 1.85. The van der Waals surface area contributed by atoms with Gasteiger partial charge in [0.1, 0.15) is 5.56 Å². The van der Waals surface area contributed by atoms with E-state index < -0.39 is 17.2 Å². The second-order valence-corrected chi connectivity index (χ2v) is 5.94. The quantitative estimate of drug-likeness (QED) is 0.750. The van der Waals surface area contributed by atoms with Crippen LogP contribution in [0.25, 0.3) is 0 Å². The summed E-state index contributed by atoms with van der Waals surface area (Å²) >= 11 is 0. The van der Waals surface area contributed by atoms with Crippen molar-refractivity contribution in [2.75, 3.05) is 5.32 Å². The number of aromatic amines is 1. The van der Waals surface area contributed by atoms with Crippen molar-refractivity contribution in [3.63, 3.8) is 0 Å². The topological polar surface area (TPSA) is 96.8 Å². The molecule has 0 atom stereocenters. The molecular weight excluding hydrogens is 332 g/mol. The molecule has 3 aromatic rings. The third-order valence-corrected chi connectivity index (χ3v) is 4.07. The molecule has 26 heavy (non-hydrogen) atoms. The van der Waals surface area contributed by atoms with Crippen molar-refractivity contribution in [3.8, 4) is 0 Å². The molecule has 0 aliphatic carbocycles. The van der Waals surface area contributed by atoms with Gasteiger partial charge in [-0.15, -0.1) is 0 Å². The molecule has 0 bridgehead atoms. The Morgan fingerprint density at radius 3 is 2.50 bits per heavy atom. The molecule has 0 radical (unpaired) electrons. The van der Waals surface area contributed by atoms with E-state index in [4.69, 9.17) is 0 Å². The lowest BCUT2D eigenvalue weighted by Gasteiger charge is -2.12. The molecule has 0 saturated carbocycles. The number of nitrogens with one attached hydrogen (secondary N) is 2. The van der Waals surface area contributed by atoms with Crippen LogP contribution in [0.4, 0.5) is 5.69 Å². The van der Waals surface area contributed by atoms with Crippen LogP contribution < -0.4 is 16.6 Å². The van der Waals surface area contributed by atoms with Crippen LogP contribution in [0.3, 0.4) is 0 Å². The number of pyridine rings is 1. The average Bonchev–Trinajstić information content (AvgIpc) is 2.62. The highest BCUT2D eigenvalue weighted by Crippen LogP contribution is 2.19. The molecule has 132 valence electrons. The number of amides is 1. The van der Waals surface area contributed by atoms with Gasteiger partial charge in [0.2, 0.25) is 0 Å². The summed E-state index contributed by atoms with van der Waals surface area (Å²) in [6.07, 6.45) is 2.72. The van der Waals surface area contributed by atoms with Crippen LogP contribution in [0.1, 0.15) is 27.2 Å². The number of nitrogens with zero attached hydrogens (tertiary/aromatic N) is 2. The van der Waals surface area contributed by atoms with Crippen LogP contribution in [0, 0.1) is 13.8 Å². The Labute approximate surface area is 149 Å². The van der Waals surface area contributed by atoms with Crippen molar-refractivity contribution in [1.82, 2.24) is 14.5 Å². The first-order valence-corrected chi connectivity index (χ1v) is 8.07. The molecule has 2 N–H and O–H groups in total. The molecule has 0 aliphatic rings. The molecule has 0 spiro atoms. The summed E-state index contributed by atoms with van der Waals surface area (Å²) in [7, 11) is 0. The van der Waals surface area contributed by atoms with Gasteiger partial charge in [0, 0.05) is 18.1 Å². The van der Waals surface area contributed by atoms with Gasteiger partial charge in [-0.25, -0.2) is 4.79 Å². The lowest BCUT2D eigenvalue weighted by Crippen LogP contribution is -2.39. The fraction of sp³-hybridized carbons (Fsp3) is 0.158. The largest absolute Gasteiger partial charge is 0.328 e. The fourth-order valence-corrected chi connectivity index (χ4v) is 2.66. The molecule has 0 saturated heterocycles. The molecule has 0 fully saturated rings. The maximum Gasteiger partial charge on any atom is 0.328 e. The van der Waals surface area contributed by atoms with Gasteiger partial charge in [0.05, 0.1) is 12.2 Å². The third kappa shape index (κ3) is 3.46. The minimum atomic E-state index is -0.664. The third-order valence-electron chi connectivity index (χ3n) is 4.07. The summed E-state index contributed by atoms with van der Waals surface area (Å²) < 4.78 is 0.960. The number of para-hydroxylation sites is 1. The number of hydrogen-bond donors (Lipinski definition) is 2. The zero-order valence-electron chi connectivity index (χ0n) is 14.4. The van der Waals surface area contributed by atoms with E-state index in [-0.39, 0.29) is 12.1 Å². The molecule has 0 unspecified atom stereocenters. The first kappa shape index (κ1) is 17.3. The zero-order valence-corrected chi connectivity index (χ0v) is 14.4. The smallest absolute Gasteiger partial charge is 0.321 e. The molecule has 2 aromatic heterocycles. The van der Waals surface area contributed by atoms with Crippen molar-refractivity contribution in [3.05, 3.63) is 92.0 Å². The highest BCUT2D eigenvalue weighted by atomic mass is 16.2. The summed E-state index contributed by atoms with van der Waals surface area (Å²) in [4.78, 5) is 43.8. The number of benzene rings is 1. The van der Waals surface area contributed by atoms with Crippen molar-refractivity contribution in [1.29, 1.82) is 0 Å². The van der Waals surface area contributed by atoms with E-state index in [0.717, 1.165) is 21.9 Å². The van der Waals surface area contributed by atoms with Crippen LogP contribution in [0.5, 0.6) is 0 Å². The highest BCUT2D eigenvalue weighted by molar-refractivity contribution is 6.04. The van der Waals surface area contributed by atoms with Gasteiger partial charge in [0.25, 0.3) is 11.5 Å². The predicted molar refractivity (Wildman–Crippen MR) is 98.5 cm³/mol. The van der Waals surface area contributed by atoms with E-state index in [1.165, 1.54) is 0 Å². The van der Waals surface area contributed by atoms with Gasteiger partial charge in [-0.2, -0.15) is 0 Å². The Morgan fingerprint density at radius 2 is 1.85 bits per heavy atom.